The first-order chi connectivity index (χ1) is 14.0. The molecule has 0 aliphatic rings. The minimum Gasteiger partial charge on any atom is -0.451 e. The summed E-state index contributed by atoms with van der Waals surface area (Å²) >= 11 is 0. The highest BCUT2D eigenvalue weighted by Crippen LogP contribution is 2.27. The van der Waals surface area contributed by atoms with Crippen LogP contribution in [0.15, 0.2) is 52.9 Å². The number of rotatable bonds is 5. The molecule has 0 bridgehead atoms. The lowest BCUT2D eigenvalue weighted by atomic mass is 10.1. The van der Waals surface area contributed by atoms with Gasteiger partial charge in [0.25, 0.3) is 5.91 Å². The molecule has 1 N–H and O–H groups in total. The molecule has 0 aliphatic carbocycles. The molecule has 0 unspecified atom stereocenters. The molecule has 0 fully saturated rings. The van der Waals surface area contributed by atoms with Crippen LogP contribution in [0.4, 0.5) is 0 Å². The maximum absolute atomic E-state index is 12.8. The number of amides is 1. The number of hydrogen-bond donors (Lipinski definition) is 1. The minimum atomic E-state index is -0.206. The van der Waals surface area contributed by atoms with E-state index in [9.17, 15) is 4.79 Å². The first-order valence-corrected chi connectivity index (χ1v) is 9.90. The Morgan fingerprint density at radius 2 is 1.86 bits per heavy atom. The SMILES string of the molecule is CCc1ccc2oc(C(=O)NCc3c(C)nn(-c4ccccc4)c3C)c(C)c2c1. The Balaban J connectivity index is 1.57. The Morgan fingerprint density at radius 3 is 2.59 bits per heavy atom. The zero-order valence-corrected chi connectivity index (χ0v) is 17.2. The fraction of sp³-hybridized carbons (Fsp3) is 0.250. The van der Waals surface area contributed by atoms with Crippen molar-refractivity contribution in [2.24, 2.45) is 0 Å². The van der Waals surface area contributed by atoms with Crippen molar-refractivity contribution in [1.82, 2.24) is 15.1 Å². The van der Waals surface area contributed by atoms with Gasteiger partial charge in [-0.3, -0.25) is 4.79 Å². The van der Waals surface area contributed by atoms with Gasteiger partial charge >= 0.3 is 0 Å². The molecule has 0 atom stereocenters. The van der Waals surface area contributed by atoms with E-state index in [1.807, 2.05) is 67.9 Å². The van der Waals surface area contributed by atoms with Gasteiger partial charge in [0.2, 0.25) is 0 Å². The predicted molar refractivity (Wildman–Crippen MR) is 115 cm³/mol. The lowest BCUT2D eigenvalue weighted by molar-refractivity contribution is 0.0924. The molecule has 4 rings (SSSR count). The molecule has 0 spiro atoms. The maximum atomic E-state index is 12.8. The minimum absolute atomic E-state index is 0.206. The molecule has 2 heterocycles. The third-order valence-electron chi connectivity index (χ3n) is 5.48. The Labute approximate surface area is 170 Å². The van der Waals surface area contributed by atoms with E-state index in [1.165, 1.54) is 5.56 Å². The largest absolute Gasteiger partial charge is 0.451 e. The average Bonchev–Trinajstić information content (AvgIpc) is 3.22. The van der Waals surface area contributed by atoms with Gasteiger partial charge in [0.1, 0.15) is 5.58 Å². The van der Waals surface area contributed by atoms with Crippen LogP contribution < -0.4 is 5.32 Å². The van der Waals surface area contributed by atoms with E-state index < -0.39 is 0 Å². The topological polar surface area (TPSA) is 60.1 Å². The standard InChI is InChI=1S/C24H25N3O2/c1-5-18-11-12-22-20(13-18)15(2)23(29-22)24(28)25-14-21-16(3)26-27(17(21)4)19-9-7-6-8-10-19/h6-13H,5,14H2,1-4H3,(H,25,28). The molecule has 0 aliphatic heterocycles. The average molecular weight is 387 g/mol. The van der Waals surface area contributed by atoms with Crippen molar-refractivity contribution in [2.75, 3.05) is 0 Å². The number of benzene rings is 2. The number of aromatic nitrogens is 2. The van der Waals surface area contributed by atoms with Crippen molar-refractivity contribution in [3.8, 4) is 5.69 Å². The van der Waals surface area contributed by atoms with Gasteiger partial charge in [0.05, 0.1) is 11.4 Å². The molecule has 2 aromatic heterocycles. The smallest absolute Gasteiger partial charge is 0.287 e. The van der Waals surface area contributed by atoms with Gasteiger partial charge < -0.3 is 9.73 Å². The summed E-state index contributed by atoms with van der Waals surface area (Å²) in [7, 11) is 0. The Kier molecular flexibility index (Phi) is 4.97. The van der Waals surface area contributed by atoms with Crippen LogP contribution >= 0.6 is 0 Å². The predicted octanol–water partition coefficient (Wildman–Crippen LogP) is 5.04. The van der Waals surface area contributed by atoms with Gasteiger partial charge in [-0.15, -0.1) is 0 Å². The second kappa shape index (κ2) is 7.59. The normalized spacial score (nSPS) is 11.2. The molecular weight excluding hydrogens is 362 g/mol. The quantitative estimate of drug-likeness (QED) is 0.522. The first-order valence-electron chi connectivity index (χ1n) is 9.90. The van der Waals surface area contributed by atoms with Crippen LogP contribution in [0, 0.1) is 20.8 Å². The van der Waals surface area contributed by atoms with Crippen molar-refractivity contribution in [2.45, 2.75) is 40.7 Å². The van der Waals surface area contributed by atoms with E-state index in [0.717, 1.165) is 45.6 Å². The van der Waals surface area contributed by atoms with Gasteiger partial charge in [-0.2, -0.15) is 5.10 Å². The number of aryl methyl sites for hydroxylation is 3. The van der Waals surface area contributed by atoms with E-state index in [1.54, 1.807) is 0 Å². The molecule has 2 aromatic carbocycles. The van der Waals surface area contributed by atoms with Crippen molar-refractivity contribution in [1.29, 1.82) is 0 Å². The number of carbonyl (C=O) groups excluding carboxylic acids is 1. The highest BCUT2D eigenvalue weighted by atomic mass is 16.3. The zero-order valence-electron chi connectivity index (χ0n) is 17.2. The highest BCUT2D eigenvalue weighted by Gasteiger charge is 2.19. The number of para-hydroxylation sites is 1. The third kappa shape index (κ3) is 3.44. The van der Waals surface area contributed by atoms with Crippen molar-refractivity contribution in [3.63, 3.8) is 0 Å². The van der Waals surface area contributed by atoms with E-state index in [4.69, 9.17) is 4.42 Å². The fourth-order valence-corrected chi connectivity index (χ4v) is 3.70. The van der Waals surface area contributed by atoms with Crippen LogP contribution in [0.3, 0.4) is 0 Å². The lowest BCUT2D eigenvalue weighted by Gasteiger charge is -2.06. The fourth-order valence-electron chi connectivity index (χ4n) is 3.70. The number of furan rings is 1. The second-order valence-corrected chi connectivity index (χ2v) is 7.32. The van der Waals surface area contributed by atoms with Crippen LogP contribution in [-0.2, 0) is 13.0 Å². The van der Waals surface area contributed by atoms with Gasteiger partial charge in [-0.1, -0.05) is 31.2 Å². The molecule has 0 radical (unpaired) electrons. The maximum Gasteiger partial charge on any atom is 0.287 e. The lowest BCUT2D eigenvalue weighted by Crippen LogP contribution is -2.23. The monoisotopic (exact) mass is 387 g/mol. The molecular formula is C24H25N3O2. The number of hydrogen-bond acceptors (Lipinski definition) is 3. The summed E-state index contributed by atoms with van der Waals surface area (Å²) < 4.78 is 7.76. The number of nitrogens with one attached hydrogen (secondary N) is 1. The van der Waals surface area contributed by atoms with E-state index in [-0.39, 0.29) is 5.91 Å². The van der Waals surface area contributed by atoms with Crippen molar-refractivity contribution >= 4 is 16.9 Å². The summed E-state index contributed by atoms with van der Waals surface area (Å²) in [5.41, 5.74) is 6.79. The van der Waals surface area contributed by atoms with Crippen molar-refractivity contribution in [3.05, 3.63) is 82.4 Å². The first kappa shape index (κ1) is 19.0. The van der Waals surface area contributed by atoms with E-state index in [0.29, 0.717) is 12.3 Å². The summed E-state index contributed by atoms with van der Waals surface area (Å²) in [5, 5.41) is 8.65. The van der Waals surface area contributed by atoms with Crippen molar-refractivity contribution < 1.29 is 9.21 Å². The van der Waals surface area contributed by atoms with E-state index >= 15 is 0 Å². The molecule has 29 heavy (non-hydrogen) atoms. The summed E-state index contributed by atoms with van der Waals surface area (Å²) in [6.07, 6.45) is 0.950. The summed E-state index contributed by atoms with van der Waals surface area (Å²) in [5.74, 6) is 0.169. The molecule has 5 nitrogen and oxygen atoms in total. The summed E-state index contributed by atoms with van der Waals surface area (Å²) in [4.78, 5) is 12.8. The Bertz CT molecular complexity index is 1190. The zero-order chi connectivity index (χ0) is 20.5. The highest BCUT2D eigenvalue weighted by molar-refractivity contribution is 5.99. The van der Waals surface area contributed by atoms with E-state index in [2.05, 4.69) is 23.4 Å². The van der Waals surface area contributed by atoms with Gasteiger partial charge in [0, 0.05) is 28.8 Å². The number of fused-ring (bicyclic) bond motifs is 1. The summed E-state index contributed by atoms with van der Waals surface area (Å²) in [6.45, 7) is 8.44. The molecule has 148 valence electrons. The van der Waals surface area contributed by atoms with Crippen LogP contribution in [0.5, 0.6) is 0 Å². The van der Waals surface area contributed by atoms with Gasteiger partial charge in [-0.05, 0) is 57.0 Å². The molecule has 4 aromatic rings. The van der Waals surface area contributed by atoms with Crippen LogP contribution in [-0.4, -0.2) is 15.7 Å². The van der Waals surface area contributed by atoms with Crippen LogP contribution in [0.25, 0.3) is 16.7 Å². The van der Waals surface area contributed by atoms with Crippen LogP contribution in [0.1, 0.15) is 45.6 Å². The number of nitrogens with zero attached hydrogens (tertiary/aromatic N) is 2. The van der Waals surface area contributed by atoms with Crippen LogP contribution in [0.2, 0.25) is 0 Å². The molecule has 5 heteroatoms. The molecule has 0 saturated carbocycles. The second-order valence-electron chi connectivity index (χ2n) is 7.32. The third-order valence-corrected chi connectivity index (χ3v) is 5.48. The van der Waals surface area contributed by atoms with Gasteiger partial charge in [0.15, 0.2) is 5.76 Å². The Morgan fingerprint density at radius 1 is 1.10 bits per heavy atom. The molecule has 1 amide bonds. The number of carbonyl (C=O) groups is 1. The van der Waals surface area contributed by atoms with Gasteiger partial charge in [-0.25, -0.2) is 4.68 Å². The molecule has 0 saturated heterocycles. The summed E-state index contributed by atoms with van der Waals surface area (Å²) in [6, 6.07) is 16.1. The Hall–Kier alpha value is -3.34.